The zero-order chi connectivity index (χ0) is 19.3. The van der Waals surface area contributed by atoms with Crippen LogP contribution in [0.5, 0.6) is 0 Å². The SMILES string of the molecule is Cc1ccc(NC(=O)CSc2nnc(NC(=O)NC(C)(C)C)s2)c(C)c1. The summed E-state index contributed by atoms with van der Waals surface area (Å²) in [4.78, 5) is 23.9. The third kappa shape index (κ3) is 6.64. The van der Waals surface area contributed by atoms with E-state index >= 15 is 0 Å². The van der Waals surface area contributed by atoms with Crippen molar-refractivity contribution in [1.29, 1.82) is 0 Å². The van der Waals surface area contributed by atoms with Crippen molar-refractivity contribution in [3.8, 4) is 0 Å². The Hall–Kier alpha value is -2.13. The van der Waals surface area contributed by atoms with Crippen molar-refractivity contribution in [2.24, 2.45) is 0 Å². The molecule has 0 atom stereocenters. The number of benzene rings is 1. The van der Waals surface area contributed by atoms with Gasteiger partial charge in [-0.15, -0.1) is 10.2 Å². The number of nitrogens with one attached hydrogen (secondary N) is 3. The number of thioether (sulfide) groups is 1. The quantitative estimate of drug-likeness (QED) is 0.530. The van der Waals surface area contributed by atoms with Gasteiger partial charge < -0.3 is 10.6 Å². The fourth-order valence-corrected chi connectivity index (χ4v) is 3.60. The van der Waals surface area contributed by atoms with E-state index in [-0.39, 0.29) is 23.2 Å². The Kier molecular flexibility index (Phi) is 6.60. The van der Waals surface area contributed by atoms with Gasteiger partial charge in [0.25, 0.3) is 0 Å². The van der Waals surface area contributed by atoms with Crippen LogP contribution in [0.1, 0.15) is 31.9 Å². The van der Waals surface area contributed by atoms with E-state index in [4.69, 9.17) is 0 Å². The van der Waals surface area contributed by atoms with Gasteiger partial charge in [0, 0.05) is 11.2 Å². The van der Waals surface area contributed by atoms with Crippen LogP contribution in [0.4, 0.5) is 15.6 Å². The summed E-state index contributed by atoms with van der Waals surface area (Å²) in [7, 11) is 0. The number of carbonyl (C=O) groups is 2. The average Bonchev–Trinajstić information content (AvgIpc) is 2.93. The highest BCUT2D eigenvalue weighted by molar-refractivity contribution is 8.01. The maximum absolute atomic E-state index is 12.1. The molecule has 1 aromatic heterocycles. The molecule has 1 heterocycles. The molecule has 3 N–H and O–H groups in total. The Morgan fingerprint density at radius 3 is 2.54 bits per heavy atom. The maximum atomic E-state index is 12.1. The number of carbonyl (C=O) groups excluding carboxylic acids is 2. The van der Waals surface area contributed by atoms with Gasteiger partial charge in [-0.2, -0.15) is 0 Å². The minimum absolute atomic E-state index is 0.114. The number of amides is 3. The molecule has 0 saturated carbocycles. The summed E-state index contributed by atoms with van der Waals surface area (Å²) >= 11 is 2.51. The minimum Gasteiger partial charge on any atom is -0.333 e. The lowest BCUT2D eigenvalue weighted by Gasteiger charge is -2.19. The van der Waals surface area contributed by atoms with Gasteiger partial charge in [-0.1, -0.05) is 40.8 Å². The fraction of sp³-hybridized carbons (Fsp3) is 0.412. The normalized spacial score (nSPS) is 11.1. The molecule has 0 unspecified atom stereocenters. The predicted molar refractivity (Wildman–Crippen MR) is 107 cm³/mol. The number of anilines is 2. The third-order valence-electron chi connectivity index (χ3n) is 3.10. The van der Waals surface area contributed by atoms with Crippen LogP contribution in [-0.4, -0.2) is 33.4 Å². The fourth-order valence-electron chi connectivity index (χ4n) is 2.05. The van der Waals surface area contributed by atoms with Crippen LogP contribution < -0.4 is 16.0 Å². The first kappa shape index (κ1) is 20.2. The van der Waals surface area contributed by atoms with Crippen LogP contribution in [0.3, 0.4) is 0 Å². The van der Waals surface area contributed by atoms with E-state index in [1.54, 1.807) is 0 Å². The monoisotopic (exact) mass is 393 g/mol. The predicted octanol–water partition coefficient (Wildman–Crippen LogP) is 3.81. The van der Waals surface area contributed by atoms with E-state index in [0.29, 0.717) is 9.47 Å². The first-order valence-electron chi connectivity index (χ1n) is 8.05. The van der Waals surface area contributed by atoms with Crippen molar-refractivity contribution in [2.75, 3.05) is 16.4 Å². The first-order chi connectivity index (χ1) is 12.1. The van der Waals surface area contributed by atoms with E-state index in [1.165, 1.54) is 23.1 Å². The van der Waals surface area contributed by atoms with Crippen LogP contribution >= 0.6 is 23.1 Å². The van der Waals surface area contributed by atoms with Crippen molar-refractivity contribution in [1.82, 2.24) is 15.5 Å². The van der Waals surface area contributed by atoms with Crippen molar-refractivity contribution < 1.29 is 9.59 Å². The molecule has 0 aliphatic carbocycles. The molecule has 2 aromatic rings. The van der Waals surface area contributed by atoms with Gasteiger partial charge in [0.1, 0.15) is 0 Å². The second-order valence-corrected chi connectivity index (χ2v) is 9.06. The van der Waals surface area contributed by atoms with Crippen molar-refractivity contribution in [3.63, 3.8) is 0 Å². The zero-order valence-corrected chi connectivity index (χ0v) is 17.1. The van der Waals surface area contributed by atoms with Gasteiger partial charge in [-0.25, -0.2) is 4.79 Å². The number of nitrogens with zero attached hydrogens (tertiary/aromatic N) is 2. The summed E-state index contributed by atoms with van der Waals surface area (Å²) in [5.41, 5.74) is 2.65. The van der Waals surface area contributed by atoms with Gasteiger partial charge in [-0.05, 0) is 46.2 Å². The molecule has 140 valence electrons. The summed E-state index contributed by atoms with van der Waals surface area (Å²) < 4.78 is 0.617. The minimum atomic E-state index is -0.335. The molecular formula is C17H23N5O2S2. The Morgan fingerprint density at radius 1 is 1.15 bits per heavy atom. The molecule has 7 nitrogen and oxygen atoms in total. The third-order valence-corrected chi connectivity index (χ3v) is 5.07. The topological polar surface area (TPSA) is 96.0 Å². The largest absolute Gasteiger partial charge is 0.333 e. The van der Waals surface area contributed by atoms with Crippen LogP contribution in [0.2, 0.25) is 0 Å². The average molecular weight is 394 g/mol. The molecule has 0 aliphatic heterocycles. The van der Waals surface area contributed by atoms with E-state index in [2.05, 4.69) is 26.1 Å². The molecule has 0 fully saturated rings. The molecule has 3 amide bonds. The van der Waals surface area contributed by atoms with Crippen LogP contribution in [0, 0.1) is 13.8 Å². The molecule has 2 rings (SSSR count). The molecular weight excluding hydrogens is 370 g/mol. The lowest BCUT2D eigenvalue weighted by molar-refractivity contribution is -0.113. The second kappa shape index (κ2) is 8.50. The summed E-state index contributed by atoms with van der Waals surface area (Å²) in [6.07, 6.45) is 0. The van der Waals surface area contributed by atoms with Crippen molar-refractivity contribution >= 4 is 45.9 Å². The highest BCUT2D eigenvalue weighted by atomic mass is 32.2. The Labute approximate surface area is 161 Å². The maximum Gasteiger partial charge on any atom is 0.321 e. The zero-order valence-electron chi connectivity index (χ0n) is 15.5. The summed E-state index contributed by atoms with van der Waals surface area (Å²) in [5.74, 6) is 0.105. The number of hydrogen-bond donors (Lipinski definition) is 3. The smallest absolute Gasteiger partial charge is 0.321 e. The summed E-state index contributed by atoms with van der Waals surface area (Å²) in [6, 6.07) is 5.54. The molecule has 0 bridgehead atoms. The number of hydrogen-bond acceptors (Lipinski definition) is 6. The van der Waals surface area contributed by atoms with Gasteiger partial charge in [0.15, 0.2) is 4.34 Å². The molecule has 0 spiro atoms. The Bertz CT molecular complexity index is 799. The number of aryl methyl sites for hydroxylation is 2. The van der Waals surface area contributed by atoms with E-state index in [1.807, 2.05) is 52.8 Å². The van der Waals surface area contributed by atoms with Gasteiger partial charge in [0.05, 0.1) is 5.75 Å². The van der Waals surface area contributed by atoms with Gasteiger partial charge in [0.2, 0.25) is 11.0 Å². The number of aromatic nitrogens is 2. The lowest BCUT2D eigenvalue weighted by Crippen LogP contribution is -2.43. The molecule has 0 aliphatic rings. The first-order valence-corrected chi connectivity index (χ1v) is 9.85. The van der Waals surface area contributed by atoms with Crippen LogP contribution in [0.25, 0.3) is 0 Å². The van der Waals surface area contributed by atoms with E-state index in [0.717, 1.165) is 16.8 Å². The number of rotatable bonds is 5. The summed E-state index contributed by atoms with van der Waals surface area (Å²) in [6.45, 7) is 9.64. The van der Waals surface area contributed by atoms with Crippen molar-refractivity contribution in [3.05, 3.63) is 29.3 Å². The molecule has 9 heteroatoms. The highest BCUT2D eigenvalue weighted by Crippen LogP contribution is 2.26. The van der Waals surface area contributed by atoms with Crippen LogP contribution in [0.15, 0.2) is 22.5 Å². The molecule has 0 radical (unpaired) electrons. The van der Waals surface area contributed by atoms with Crippen molar-refractivity contribution in [2.45, 2.75) is 44.5 Å². The van der Waals surface area contributed by atoms with Gasteiger partial charge in [-0.3, -0.25) is 10.1 Å². The van der Waals surface area contributed by atoms with E-state index in [9.17, 15) is 9.59 Å². The lowest BCUT2D eigenvalue weighted by atomic mass is 10.1. The summed E-state index contributed by atoms with van der Waals surface area (Å²) in [5, 5.41) is 16.6. The second-order valence-electron chi connectivity index (χ2n) is 6.86. The molecule has 0 saturated heterocycles. The van der Waals surface area contributed by atoms with Gasteiger partial charge >= 0.3 is 6.03 Å². The molecule has 26 heavy (non-hydrogen) atoms. The van der Waals surface area contributed by atoms with E-state index < -0.39 is 0 Å². The molecule has 1 aromatic carbocycles. The Morgan fingerprint density at radius 2 is 1.88 bits per heavy atom. The standard InChI is InChI=1S/C17H23N5O2S2/c1-10-6-7-12(11(2)8-10)18-13(23)9-25-16-22-21-15(26-16)19-14(24)20-17(3,4)5/h6-8H,9H2,1-5H3,(H,18,23)(H2,19,20,21,24). The van der Waals surface area contributed by atoms with Crippen LogP contribution in [-0.2, 0) is 4.79 Å². The Balaban J connectivity index is 1.83. The number of urea groups is 1. The highest BCUT2D eigenvalue weighted by Gasteiger charge is 2.16.